The van der Waals surface area contributed by atoms with E-state index >= 15 is 0 Å². The van der Waals surface area contributed by atoms with E-state index in [9.17, 15) is 22.6 Å². The third-order valence-corrected chi connectivity index (χ3v) is 0.847. The van der Waals surface area contributed by atoms with Gasteiger partial charge in [0.2, 0.25) is 0 Å². The maximum absolute atomic E-state index is 11.1. The van der Waals surface area contributed by atoms with Crippen LogP contribution in [0.15, 0.2) is 0 Å². The standard InChI is InChI=1S/C2H4F3O4P/c3-2(4,5)1-9-10(6,7)8/h1H2,(H2,6,7,8)/p-1. The molecule has 0 saturated heterocycles. The lowest BCUT2D eigenvalue weighted by Crippen LogP contribution is -2.18. The van der Waals surface area contributed by atoms with Crippen LogP contribution in [0.3, 0.4) is 0 Å². The van der Waals surface area contributed by atoms with Gasteiger partial charge in [-0.25, -0.2) is 0 Å². The van der Waals surface area contributed by atoms with Crippen LogP contribution in [0.25, 0.3) is 0 Å². The number of halogens is 3. The van der Waals surface area contributed by atoms with Crippen molar-refractivity contribution in [3.05, 3.63) is 0 Å². The van der Waals surface area contributed by atoms with Gasteiger partial charge in [0.1, 0.15) is 0 Å². The van der Waals surface area contributed by atoms with Gasteiger partial charge in [0.15, 0.2) is 6.61 Å². The number of rotatable bonds is 2. The Balaban J connectivity index is 3.67. The summed E-state index contributed by atoms with van der Waals surface area (Å²) in [6, 6.07) is 0. The van der Waals surface area contributed by atoms with Gasteiger partial charge in [-0.1, -0.05) is 0 Å². The lowest BCUT2D eigenvalue weighted by atomic mass is 10.7. The highest BCUT2D eigenvalue weighted by molar-refractivity contribution is 7.44. The molecule has 1 N–H and O–H groups in total. The Morgan fingerprint density at radius 2 is 2.00 bits per heavy atom. The van der Waals surface area contributed by atoms with Crippen molar-refractivity contribution >= 4 is 7.82 Å². The zero-order valence-electron chi connectivity index (χ0n) is 4.46. The molecule has 0 aliphatic heterocycles. The molecule has 0 aliphatic rings. The van der Waals surface area contributed by atoms with Crippen molar-refractivity contribution in [3.8, 4) is 0 Å². The quantitative estimate of drug-likeness (QED) is 0.607. The van der Waals surface area contributed by atoms with Crippen LogP contribution < -0.4 is 4.89 Å². The first-order valence-corrected chi connectivity index (χ1v) is 3.45. The minimum atomic E-state index is -5.23. The smallest absolute Gasteiger partial charge is 0.412 e. The summed E-state index contributed by atoms with van der Waals surface area (Å²) < 4.78 is 45.8. The van der Waals surface area contributed by atoms with E-state index in [1.165, 1.54) is 0 Å². The fraction of sp³-hybridized carbons (Fsp3) is 1.00. The molecule has 0 amide bonds. The third-order valence-electron chi connectivity index (χ3n) is 0.391. The topological polar surface area (TPSA) is 69.6 Å². The average Bonchev–Trinajstić information content (AvgIpc) is 1.57. The minimum absolute atomic E-state index is 2.00. The molecule has 8 heteroatoms. The van der Waals surface area contributed by atoms with Crippen molar-refractivity contribution in [2.45, 2.75) is 6.18 Å². The predicted octanol–water partition coefficient (Wildman–Crippen LogP) is 0.0260. The number of phosphoric ester groups is 1. The minimum Gasteiger partial charge on any atom is -0.756 e. The third kappa shape index (κ3) is 7.90. The van der Waals surface area contributed by atoms with Gasteiger partial charge in [-0.15, -0.1) is 0 Å². The highest BCUT2D eigenvalue weighted by Crippen LogP contribution is 2.32. The van der Waals surface area contributed by atoms with Crippen LogP contribution in [-0.2, 0) is 9.09 Å². The Hall–Kier alpha value is -0.100. The zero-order chi connectivity index (χ0) is 8.41. The average molecular weight is 179 g/mol. The van der Waals surface area contributed by atoms with Crippen LogP contribution in [0.4, 0.5) is 13.2 Å². The lowest BCUT2D eigenvalue weighted by molar-refractivity contribution is -0.235. The Morgan fingerprint density at radius 1 is 1.60 bits per heavy atom. The molecule has 1 atom stereocenters. The van der Waals surface area contributed by atoms with Crippen molar-refractivity contribution < 1.29 is 32.0 Å². The number of alkyl halides is 3. The van der Waals surface area contributed by atoms with Gasteiger partial charge in [0.25, 0.3) is 7.82 Å². The normalized spacial score (nSPS) is 18.5. The monoisotopic (exact) mass is 179 g/mol. The molecule has 10 heavy (non-hydrogen) atoms. The first kappa shape index (κ1) is 9.90. The highest BCUT2D eigenvalue weighted by Gasteiger charge is 2.29. The molecule has 4 nitrogen and oxygen atoms in total. The molecule has 0 radical (unpaired) electrons. The molecular formula is C2H3F3O4P-. The molecule has 0 spiro atoms. The van der Waals surface area contributed by atoms with Gasteiger partial charge in [0, 0.05) is 0 Å². The van der Waals surface area contributed by atoms with E-state index in [1.807, 2.05) is 0 Å². The maximum atomic E-state index is 11.1. The molecule has 0 aromatic rings. The summed E-state index contributed by atoms with van der Waals surface area (Å²) in [6.45, 7) is -2.00. The first-order chi connectivity index (χ1) is 4.21. The fourth-order valence-electron chi connectivity index (χ4n) is 0.155. The van der Waals surface area contributed by atoms with Crippen LogP contribution >= 0.6 is 7.82 Å². The van der Waals surface area contributed by atoms with Crippen LogP contribution in [0, 0.1) is 0 Å². The molecule has 0 aromatic heterocycles. The molecular weight excluding hydrogens is 176 g/mol. The van der Waals surface area contributed by atoms with E-state index in [-0.39, 0.29) is 0 Å². The molecule has 0 rings (SSSR count). The van der Waals surface area contributed by atoms with Gasteiger partial charge in [-0.3, -0.25) is 4.57 Å². The van der Waals surface area contributed by atoms with Crippen LogP contribution in [0.5, 0.6) is 0 Å². The highest BCUT2D eigenvalue weighted by atomic mass is 31.2. The zero-order valence-corrected chi connectivity index (χ0v) is 5.35. The van der Waals surface area contributed by atoms with Crippen LogP contribution in [0.1, 0.15) is 0 Å². The van der Waals surface area contributed by atoms with Crippen LogP contribution in [0.2, 0.25) is 0 Å². The fourth-order valence-corrected chi connectivity index (χ4v) is 0.464. The van der Waals surface area contributed by atoms with Crippen molar-refractivity contribution in [2.24, 2.45) is 0 Å². The molecule has 0 aromatic carbocycles. The second-order valence-electron chi connectivity index (χ2n) is 1.36. The Kier molecular flexibility index (Phi) is 2.85. The second-order valence-corrected chi connectivity index (χ2v) is 2.55. The van der Waals surface area contributed by atoms with E-state index in [0.29, 0.717) is 0 Å². The van der Waals surface area contributed by atoms with E-state index in [4.69, 9.17) is 4.89 Å². The van der Waals surface area contributed by atoms with Gasteiger partial charge in [-0.05, 0) is 0 Å². The van der Waals surface area contributed by atoms with Gasteiger partial charge >= 0.3 is 6.18 Å². The molecule has 62 valence electrons. The maximum Gasteiger partial charge on any atom is 0.412 e. The molecule has 0 bridgehead atoms. The van der Waals surface area contributed by atoms with Crippen molar-refractivity contribution in [1.82, 2.24) is 0 Å². The van der Waals surface area contributed by atoms with Gasteiger partial charge in [0.05, 0.1) is 0 Å². The molecule has 0 aliphatic carbocycles. The summed E-state index contributed by atoms with van der Waals surface area (Å²) in [5.41, 5.74) is 0. The summed E-state index contributed by atoms with van der Waals surface area (Å²) in [4.78, 5) is 17.2. The summed E-state index contributed by atoms with van der Waals surface area (Å²) in [5.74, 6) is 0. The summed E-state index contributed by atoms with van der Waals surface area (Å²) in [5, 5.41) is 0. The molecule has 0 fully saturated rings. The number of hydrogen-bond acceptors (Lipinski definition) is 3. The second kappa shape index (κ2) is 2.87. The van der Waals surface area contributed by atoms with Gasteiger partial charge in [-0.2, -0.15) is 13.2 Å². The molecule has 0 saturated carbocycles. The summed E-state index contributed by atoms with van der Waals surface area (Å²) in [7, 11) is -5.23. The Morgan fingerprint density at radius 3 is 2.10 bits per heavy atom. The van der Waals surface area contributed by atoms with E-state index in [2.05, 4.69) is 4.52 Å². The van der Waals surface area contributed by atoms with Gasteiger partial charge < -0.3 is 14.3 Å². The van der Waals surface area contributed by atoms with E-state index < -0.39 is 20.6 Å². The molecule has 0 heterocycles. The summed E-state index contributed by atoms with van der Waals surface area (Å²) in [6.07, 6.45) is -4.75. The lowest BCUT2D eigenvalue weighted by Gasteiger charge is -2.16. The number of hydrogen-bond donors (Lipinski definition) is 1. The first-order valence-electron chi connectivity index (χ1n) is 1.96. The van der Waals surface area contributed by atoms with Crippen LogP contribution in [-0.4, -0.2) is 17.7 Å². The Labute approximate surface area is 53.9 Å². The SMILES string of the molecule is O=P([O-])(O)OCC(F)(F)F. The predicted molar refractivity (Wildman–Crippen MR) is 21.8 cm³/mol. The Bertz CT molecular complexity index is 147. The van der Waals surface area contributed by atoms with Crippen molar-refractivity contribution in [2.75, 3.05) is 6.61 Å². The van der Waals surface area contributed by atoms with Crippen molar-refractivity contribution in [3.63, 3.8) is 0 Å². The molecule has 1 unspecified atom stereocenters. The van der Waals surface area contributed by atoms with Crippen molar-refractivity contribution in [1.29, 1.82) is 0 Å². The number of phosphoric acid groups is 1. The van der Waals surface area contributed by atoms with E-state index in [0.717, 1.165) is 0 Å². The largest absolute Gasteiger partial charge is 0.756 e. The summed E-state index contributed by atoms with van der Waals surface area (Å²) >= 11 is 0. The van der Waals surface area contributed by atoms with E-state index in [1.54, 1.807) is 0 Å².